The Morgan fingerprint density at radius 3 is 2.42 bits per heavy atom. The molecule has 0 aliphatic heterocycles. The van der Waals surface area contributed by atoms with E-state index in [1.165, 1.54) is 0 Å². The Labute approximate surface area is 154 Å². The molecule has 0 radical (unpaired) electrons. The predicted molar refractivity (Wildman–Crippen MR) is 101 cm³/mol. The number of nitrogens with one attached hydrogen (secondary N) is 2. The Morgan fingerprint density at radius 1 is 1.12 bits per heavy atom. The van der Waals surface area contributed by atoms with E-state index < -0.39 is 5.41 Å². The molecule has 0 fully saturated rings. The van der Waals surface area contributed by atoms with Gasteiger partial charge in [0, 0.05) is 30.1 Å². The maximum atomic E-state index is 12.2. The van der Waals surface area contributed by atoms with Gasteiger partial charge in [0.05, 0.1) is 0 Å². The number of carbonyl (C=O) groups is 2. The second-order valence-corrected chi connectivity index (χ2v) is 7.44. The first kappa shape index (κ1) is 19.7. The third-order valence-corrected chi connectivity index (χ3v) is 4.03. The van der Waals surface area contributed by atoms with E-state index in [-0.39, 0.29) is 17.5 Å². The number of rotatable bonds is 8. The molecule has 0 spiro atoms. The van der Waals surface area contributed by atoms with Crippen molar-refractivity contribution in [3.05, 3.63) is 42.1 Å². The molecule has 0 aliphatic carbocycles. The van der Waals surface area contributed by atoms with Gasteiger partial charge in [-0.05, 0) is 12.3 Å². The molecule has 0 atom stereocenters. The molecular formula is C20H27N3O3. The SMILES string of the molecule is CC(C)CC(C)(C)C(=O)NCCNC(=O)c1cc(-c2ccccc2)on1. The molecule has 2 aromatic rings. The maximum Gasteiger partial charge on any atom is 0.273 e. The summed E-state index contributed by atoms with van der Waals surface area (Å²) < 4.78 is 5.22. The van der Waals surface area contributed by atoms with Gasteiger partial charge in [0.1, 0.15) is 0 Å². The Balaban J connectivity index is 1.79. The highest BCUT2D eigenvalue weighted by atomic mass is 16.5. The molecule has 1 aromatic carbocycles. The Bertz CT molecular complexity index is 736. The molecule has 2 N–H and O–H groups in total. The summed E-state index contributed by atoms with van der Waals surface area (Å²) in [6.45, 7) is 8.75. The summed E-state index contributed by atoms with van der Waals surface area (Å²) in [7, 11) is 0. The molecule has 0 saturated heterocycles. The monoisotopic (exact) mass is 357 g/mol. The number of benzene rings is 1. The van der Waals surface area contributed by atoms with Crippen molar-refractivity contribution in [2.75, 3.05) is 13.1 Å². The van der Waals surface area contributed by atoms with Crippen LogP contribution in [0.3, 0.4) is 0 Å². The number of hydrogen-bond acceptors (Lipinski definition) is 4. The largest absolute Gasteiger partial charge is 0.355 e. The van der Waals surface area contributed by atoms with Gasteiger partial charge in [-0.15, -0.1) is 0 Å². The van der Waals surface area contributed by atoms with Gasteiger partial charge < -0.3 is 15.2 Å². The van der Waals surface area contributed by atoms with Crippen molar-refractivity contribution >= 4 is 11.8 Å². The summed E-state index contributed by atoms with van der Waals surface area (Å²) in [5.74, 6) is 0.654. The fourth-order valence-corrected chi connectivity index (χ4v) is 2.92. The molecule has 0 unspecified atom stereocenters. The van der Waals surface area contributed by atoms with Gasteiger partial charge in [0.2, 0.25) is 5.91 Å². The molecule has 2 rings (SSSR count). The summed E-state index contributed by atoms with van der Waals surface area (Å²) in [6.07, 6.45) is 0.812. The summed E-state index contributed by atoms with van der Waals surface area (Å²) >= 11 is 0. The molecule has 6 nitrogen and oxygen atoms in total. The van der Waals surface area contributed by atoms with E-state index in [4.69, 9.17) is 4.52 Å². The topological polar surface area (TPSA) is 84.2 Å². The Hall–Kier alpha value is -2.63. The third kappa shape index (κ3) is 5.44. The van der Waals surface area contributed by atoms with Crippen LogP contribution in [0.1, 0.15) is 44.6 Å². The molecule has 26 heavy (non-hydrogen) atoms. The van der Waals surface area contributed by atoms with Crippen LogP contribution in [0.2, 0.25) is 0 Å². The van der Waals surface area contributed by atoms with Crippen LogP contribution in [0, 0.1) is 11.3 Å². The number of hydrogen-bond donors (Lipinski definition) is 2. The van der Waals surface area contributed by atoms with Gasteiger partial charge in [-0.3, -0.25) is 9.59 Å². The molecule has 2 amide bonds. The summed E-state index contributed by atoms with van der Waals surface area (Å²) in [4.78, 5) is 24.4. The fraction of sp³-hybridized carbons (Fsp3) is 0.450. The van der Waals surface area contributed by atoms with Gasteiger partial charge in [0.15, 0.2) is 11.5 Å². The number of amides is 2. The minimum absolute atomic E-state index is 0.00625. The molecule has 1 aromatic heterocycles. The number of aromatic nitrogens is 1. The van der Waals surface area contributed by atoms with Crippen molar-refractivity contribution in [3.63, 3.8) is 0 Å². The van der Waals surface area contributed by atoms with Crippen LogP contribution in [0.4, 0.5) is 0 Å². The van der Waals surface area contributed by atoms with Gasteiger partial charge in [-0.25, -0.2) is 0 Å². The van der Waals surface area contributed by atoms with E-state index in [1.807, 2.05) is 44.2 Å². The zero-order chi connectivity index (χ0) is 19.2. The average molecular weight is 357 g/mol. The van der Waals surface area contributed by atoms with Gasteiger partial charge in [-0.1, -0.05) is 63.2 Å². The van der Waals surface area contributed by atoms with Crippen molar-refractivity contribution in [1.82, 2.24) is 15.8 Å². The first-order chi connectivity index (χ1) is 12.3. The van der Waals surface area contributed by atoms with E-state index in [9.17, 15) is 9.59 Å². The van der Waals surface area contributed by atoms with E-state index in [0.717, 1.165) is 12.0 Å². The van der Waals surface area contributed by atoms with Crippen LogP contribution in [-0.4, -0.2) is 30.1 Å². The lowest BCUT2D eigenvalue weighted by Crippen LogP contribution is -2.41. The molecule has 0 aliphatic rings. The second kappa shape index (κ2) is 8.65. The Morgan fingerprint density at radius 2 is 1.77 bits per heavy atom. The molecular weight excluding hydrogens is 330 g/mol. The molecule has 0 bridgehead atoms. The summed E-state index contributed by atoms with van der Waals surface area (Å²) in [5, 5.41) is 9.41. The molecule has 6 heteroatoms. The highest BCUT2D eigenvalue weighted by Crippen LogP contribution is 2.25. The van der Waals surface area contributed by atoms with Gasteiger partial charge in [-0.2, -0.15) is 0 Å². The van der Waals surface area contributed by atoms with E-state index >= 15 is 0 Å². The van der Waals surface area contributed by atoms with Crippen molar-refractivity contribution in [2.24, 2.45) is 11.3 Å². The summed E-state index contributed by atoms with van der Waals surface area (Å²) in [6, 6.07) is 11.1. The van der Waals surface area contributed by atoms with Crippen LogP contribution < -0.4 is 10.6 Å². The van der Waals surface area contributed by atoms with Crippen molar-refractivity contribution in [3.8, 4) is 11.3 Å². The maximum absolute atomic E-state index is 12.2. The first-order valence-electron chi connectivity index (χ1n) is 8.88. The number of nitrogens with zero attached hydrogens (tertiary/aromatic N) is 1. The van der Waals surface area contributed by atoms with E-state index in [1.54, 1.807) is 6.07 Å². The van der Waals surface area contributed by atoms with Gasteiger partial charge >= 0.3 is 0 Å². The highest BCUT2D eigenvalue weighted by molar-refractivity contribution is 5.93. The van der Waals surface area contributed by atoms with Crippen LogP contribution >= 0.6 is 0 Å². The average Bonchev–Trinajstić information content (AvgIpc) is 3.08. The third-order valence-electron chi connectivity index (χ3n) is 4.03. The number of carbonyl (C=O) groups excluding carboxylic acids is 2. The smallest absolute Gasteiger partial charge is 0.273 e. The van der Waals surface area contributed by atoms with Crippen LogP contribution in [0.15, 0.2) is 40.9 Å². The zero-order valence-electron chi connectivity index (χ0n) is 15.8. The lowest BCUT2D eigenvalue weighted by Gasteiger charge is -2.25. The minimum atomic E-state index is -0.422. The molecule has 0 saturated carbocycles. The second-order valence-electron chi connectivity index (χ2n) is 7.44. The van der Waals surface area contributed by atoms with Crippen molar-refractivity contribution < 1.29 is 14.1 Å². The predicted octanol–water partition coefficient (Wildman–Crippen LogP) is 3.26. The van der Waals surface area contributed by atoms with Crippen LogP contribution in [0.5, 0.6) is 0 Å². The van der Waals surface area contributed by atoms with Crippen molar-refractivity contribution in [2.45, 2.75) is 34.1 Å². The van der Waals surface area contributed by atoms with E-state index in [2.05, 4.69) is 29.6 Å². The standard InChI is InChI=1S/C20H27N3O3/c1-14(2)13-20(3,4)19(25)22-11-10-21-18(24)16-12-17(26-23-16)15-8-6-5-7-9-15/h5-9,12,14H,10-11,13H2,1-4H3,(H,21,24)(H,22,25). The normalized spacial score (nSPS) is 11.4. The fourth-order valence-electron chi connectivity index (χ4n) is 2.92. The lowest BCUT2D eigenvalue weighted by atomic mass is 9.83. The Kier molecular flexibility index (Phi) is 6.55. The molecule has 140 valence electrons. The van der Waals surface area contributed by atoms with Crippen molar-refractivity contribution in [1.29, 1.82) is 0 Å². The highest BCUT2D eigenvalue weighted by Gasteiger charge is 2.28. The molecule has 1 heterocycles. The van der Waals surface area contributed by atoms with Gasteiger partial charge in [0.25, 0.3) is 5.91 Å². The quantitative estimate of drug-likeness (QED) is 0.710. The lowest BCUT2D eigenvalue weighted by molar-refractivity contribution is -0.130. The minimum Gasteiger partial charge on any atom is -0.355 e. The zero-order valence-corrected chi connectivity index (χ0v) is 15.8. The van der Waals surface area contributed by atoms with Crippen LogP contribution in [0.25, 0.3) is 11.3 Å². The van der Waals surface area contributed by atoms with Crippen LogP contribution in [-0.2, 0) is 4.79 Å². The summed E-state index contributed by atoms with van der Waals surface area (Å²) in [5.41, 5.74) is 0.656. The van der Waals surface area contributed by atoms with E-state index in [0.29, 0.717) is 24.8 Å². The first-order valence-corrected chi connectivity index (χ1v) is 8.88.